The van der Waals surface area contributed by atoms with Crippen LogP contribution in [0.3, 0.4) is 0 Å². The summed E-state index contributed by atoms with van der Waals surface area (Å²) in [4.78, 5) is 11.0. The maximum atomic E-state index is 11.0. The number of hydrogen-bond donors (Lipinski definition) is 0. The minimum atomic E-state index is 0.0790. The summed E-state index contributed by atoms with van der Waals surface area (Å²) in [6.45, 7) is 2.00. The van der Waals surface area contributed by atoms with Crippen LogP contribution < -0.4 is 4.74 Å². The molecule has 2 atom stereocenters. The van der Waals surface area contributed by atoms with Gasteiger partial charge in [-0.05, 0) is 36.8 Å². The third-order valence-electron chi connectivity index (χ3n) is 3.56. The van der Waals surface area contributed by atoms with Crippen molar-refractivity contribution in [2.75, 3.05) is 7.11 Å². The Morgan fingerprint density at radius 3 is 3.00 bits per heavy atom. The van der Waals surface area contributed by atoms with E-state index in [2.05, 4.69) is 6.07 Å². The predicted octanol–water partition coefficient (Wildman–Crippen LogP) is 2.95. The normalized spacial score (nSPS) is 21.0. The molecule has 2 nitrogen and oxygen atoms in total. The number of carbonyl (C=O) groups excluding carboxylic acids is 1. The highest BCUT2D eigenvalue weighted by Crippen LogP contribution is 2.41. The van der Waals surface area contributed by atoms with Gasteiger partial charge in [0.2, 0.25) is 0 Å². The molecule has 1 aliphatic carbocycles. The van der Waals surface area contributed by atoms with Crippen LogP contribution in [0.25, 0.3) is 0 Å². The molecule has 2 heteroatoms. The molecule has 0 spiro atoms. The molecule has 0 radical (unpaired) electrons. The van der Waals surface area contributed by atoms with Crippen LogP contribution in [-0.4, -0.2) is 13.4 Å². The van der Waals surface area contributed by atoms with Crippen LogP contribution in [0.1, 0.15) is 36.8 Å². The molecule has 0 aromatic heterocycles. The minimum absolute atomic E-state index is 0.0790. The van der Waals surface area contributed by atoms with Gasteiger partial charge in [-0.1, -0.05) is 19.1 Å². The van der Waals surface area contributed by atoms with E-state index in [9.17, 15) is 4.79 Å². The van der Waals surface area contributed by atoms with Crippen LogP contribution in [0.4, 0.5) is 0 Å². The van der Waals surface area contributed by atoms with E-state index in [0.29, 0.717) is 5.92 Å². The van der Waals surface area contributed by atoms with Crippen molar-refractivity contribution >= 4 is 6.29 Å². The summed E-state index contributed by atoms with van der Waals surface area (Å²) in [5, 5.41) is 0. The highest BCUT2D eigenvalue weighted by Gasteiger charge is 2.27. The molecule has 1 aromatic carbocycles. The van der Waals surface area contributed by atoms with E-state index in [1.807, 2.05) is 19.1 Å². The van der Waals surface area contributed by atoms with Crippen molar-refractivity contribution in [2.24, 2.45) is 5.92 Å². The second-order valence-electron chi connectivity index (χ2n) is 4.53. The smallest absolute Gasteiger partial charge is 0.123 e. The van der Waals surface area contributed by atoms with Crippen molar-refractivity contribution in [1.82, 2.24) is 0 Å². The zero-order chi connectivity index (χ0) is 11.5. The second-order valence-corrected chi connectivity index (χ2v) is 4.53. The Morgan fingerprint density at radius 2 is 2.31 bits per heavy atom. The third-order valence-corrected chi connectivity index (χ3v) is 3.56. The lowest BCUT2D eigenvalue weighted by atomic mass is 9.76. The van der Waals surface area contributed by atoms with Gasteiger partial charge in [0.25, 0.3) is 0 Å². The van der Waals surface area contributed by atoms with E-state index in [1.165, 1.54) is 17.5 Å². The fourth-order valence-electron chi connectivity index (χ4n) is 2.68. The van der Waals surface area contributed by atoms with E-state index in [0.717, 1.165) is 24.9 Å². The lowest BCUT2D eigenvalue weighted by Crippen LogP contribution is -2.18. The molecular formula is C14H18O2. The summed E-state index contributed by atoms with van der Waals surface area (Å²) >= 11 is 0. The summed E-state index contributed by atoms with van der Waals surface area (Å²) in [6.07, 6.45) is 4.43. The molecule has 1 aromatic rings. The average molecular weight is 218 g/mol. The molecule has 1 aliphatic rings. The van der Waals surface area contributed by atoms with E-state index in [1.54, 1.807) is 7.11 Å². The first-order chi connectivity index (χ1) is 7.77. The average Bonchev–Trinajstić information content (AvgIpc) is 2.36. The maximum Gasteiger partial charge on any atom is 0.123 e. The highest BCUT2D eigenvalue weighted by atomic mass is 16.5. The summed E-state index contributed by atoms with van der Waals surface area (Å²) in [6, 6.07) is 6.18. The molecule has 0 N–H and O–H groups in total. The number of benzene rings is 1. The lowest BCUT2D eigenvalue weighted by molar-refractivity contribution is -0.111. The van der Waals surface area contributed by atoms with Gasteiger partial charge in [-0.15, -0.1) is 0 Å². The van der Waals surface area contributed by atoms with Gasteiger partial charge in [-0.2, -0.15) is 0 Å². The van der Waals surface area contributed by atoms with Crippen LogP contribution in [-0.2, 0) is 11.2 Å². The van der Waals surface area contributed by atoms with Crippen LogP contribution in [0, 0.1) is 5.92 Å². The van der Waals surface area contributed by atoms with Crippen LogP contribution >= 0.6 is 0 Å². The van der Waals surface area contributed by atoms with Crippen molar-refractivity contribution in [3.05, 3.63) is 29.3 Å². The van der Waals surface area contributed by atoms with Crippen molar-refractivity contribution in [1.29, 1.82) is 0 Å². The Labute approximate surface area is 96.6 Å². The summed E-state index contributed by atoms with van der Waals surface area (Å²) < 4.78 is 5.42. The number of methoxy groups -OCH3 is 1. The molecule has 2 unspecified atom stereocenters. The number of aryl methyl sites for hydroxylation is 1. The SMILES string of the molecule is COc1cccc2c1C(C(C)C=O)CCC2. The first kappa shape index (κ1) is 11.2. The van der Waals surface area contributed by atoms with Crippen molar-refractivity contribution < 1.29 is 9.53 Å². The Morgan fingerprint density at radius 1 is 1.50 bits per heavy atom. The zero-order valence-electron chi connectivity index (χ0n) is 9.90. The summed E-state index contributed by atoms with van der Waals surface area (Å²) in [5.74, 6) is 1.35. The van der Waals surface area contributed by atoms with Gasteiger partial charge in [-0.3, -0.25) is 0 Å². The third kappa shape index (κ3) is 1.84. The summed E-state index contributed by atoms with van der Waals surface area (Å²) in [7, 11) is 1.70. The van der Waals surface area contributed by atoms with Gasteiger partial charge in [-0.25, -0.2) is 0 Å². The van der Waals surface area contributed by atoms with E-state index in [-0.39, 0.29) is 5.92 Å². The monoisotopic (exact) mass is 218 g/mol. The van der Waals surface area contributed by atoms with Crippen LogP contribution in [0.15, 0.2) is 18.2 Å². The molecule has 0 fully saturated rings. The van der Waals surface area contributed by atoms with Crippen molar-refractivity contribution in [2.45, 2.75) is 32.1 Å². The van der Waals surface area contributed by atoms with Gasteiger partial charge >= 0.3 is 0 Å². The molecule has 16 heavy (non-hydrogen) atoms. The number of carbonyl (C=O) groups is 1. The van der Waals surface area contributed by atoms with Gasteiger partial charge in [0.05, 0.1) is 7.11 Å². The Bertz CT molecular complexity index is 370. The van der Waals surface area contributed by atoms with Gasteiger partial charge in [0.15, 0.2) is 0 Å². The highest BCUT2D eigenvalue weighted by molar-refractivity contribution is 5.57. The van der Waals surface area contributed by atoms with Gasteiger partial charge in [0.1, 0.15) is 12.0 Å². The molecule has 2 rings (SSSR count). The maximum absolute atomic E-state index is 11.0. The number of ether oxygens (including phenoxy) is 1. The first-order valence-corrected chi connectivity index (χ1v) is 5.89. The molecular weight excluding hydrogens is 200 g/mol. The molecule has 0 aliphatic heterocycles. The fraction of sp³-hybridized carbons (Fsp3) is 0.500. The fourth-order valence-corrected chi connectivity index (χ4v) is 2.68. The van der Waals surface area contributed by atoms with Gasteiger partial charge in [0, 0.05) is 11.5 Å². The Balaban J connectivity index is 2.46. The number of fused-ring (bicyclic) bond motifs is 1. The number of rotatable bonds is 3. The van der Waals surface area contributed by atoms with E-state index >= 15 is 0 Å². The molecule has 86 valence electrons. The zero-order valence-corrected chi connectivity index (χ0v) is 9.90. The predicted molar refractivity (Wildman–Crippen MR) is 63.9 cm³/mol. The number of hydrogen-bond acceptors (Lipinski definition) is 2. The molecule has 0 saturated carbocycles. The summed E-state index contributed by atoms with van der Waals surface area (Å²) in [5.41, 5.74) is 2.61. The first-order valence-electron chi connectivity index (χ1n) is 5.89. The number of aldehydes is 1. The van der Waals surface area contributed by atoms with E-state index in [4.69, 9.17) is 4.74 Å². The molecule has 0 bridgehead atoms. The van der Waals surface area contributed by atoms with Crippen LogP contribution in [0.2, 0.25) is 0 Å². The largest absolute Gasteiger partial charge is 0.496 e. The molecule has 0 amide bonds. The van der Waals surface area contributed by atoms with Crippen molar-refractivity contribution in [3.63, 3.8) is 0 Å². The van der Waals surface area contributed by atoms with Crippen LogP contribution in [0.5, 0.6) is 5.75 Å². The topological polar surface area (TPSA) is 26.3 Å². The second kappa shape index (κ2) is 4.69. The Kier molecular flexibility index (Phi) is 3.28. The minimum Gasteiger partial charge on any atom is -0.496 e. The molecule has 0 heterocycles. The van der Waals surface area contributed by atoms with Crippen molar-refractivity contribution in [3.8, 4) is 5.75 Å². The molecule has 0 saturated heterocycles. The van der Waals surface area contributed by atoms with E-state index < -0.39 is 0 Å². The Hall–Kier alpha value is -1.31. The standard InChI is InChI=1S/C14H18O2/c1-10(9-15)12-7-3-5-11-6-4-8-13(16-2)14(11)12/h4,6,8-10,12H,3,5,7H2,1-2H3. The lowest BCUT2D eigenvalue weighted by Gasteiger charge is -2.29. The quantitative estimate of drug-likeness (QED) is 0.729. The van der Waals surface area contributed by atoms with Gasteiger partial charge < -0.3 is 9.53 Å².